The highest BCUT2D eigenvalue weighted by atomic mass is 32.2. The van der Waals surface area contributed by atoms with Crippen molar-refractivity contribution in [1.82, 2.24) is 0 Å². The lowest BCUT2D eigenvalue weighted by molar-refractivity contribution is -0.164. The number of aliphatic hydroxyl groups is 1. The van der Waals surface area contributed by atoms with Gasteiger partial charge < -0.3 is 9.84 Å². The van der Waals surface area contributed by atoms with E-state index in [0.717, 1.165) is 17.9 Å². The molecule has 16 heavy (non-hydrogen) atoms. The van der Waals surface area contributed by atoms with Crippen LogP contribution in [-0.2, 0) is 9.53 Å². The van der Waals surface area contributed by atoms with Gasteiger partial charge >= 0.3 is 5.97 Å². The Labute approximate surface area is 102 Å². The summed E-state index contributed by atoms with van der Waals surface area (Å²) < 4.78 is 5.27. The number of rotatable bonds is 3. The van der Waals surface area contributed by atoms with Gasteiger partial charge in [0.25, 0.3) is 0 Å². The molecular weight excluding hydrogens is 224 g/mol. The second kappa shape index (κ2) is 5.41. The van der Waals surface area contributed by atoms with Crippen LogP contribution in [0.1, 0.15) is 34.1 Å². The second-order valence-electron chi connectivity index (χ2n) is 5.44. The maximum Gasteiger partial charge on any atom is 0.311 e. The molecule has 0 saturated carbocycles. The highest BCUT2D eigenvalue weighted by Gasteiger charge is 2.33. The summed E-state index contributed by atoms with van der Waals surface area (Å²) in [6, 6.07) is 0. The molecule has 1 fully saturated rings. The zero-order valence-corrected chi connectivity index (χ0v) is 11.3. The van der Waals surface area contributed by atoms with E-state index in [0.29, 0.717) is 0 Å². The van der Waals surface area contributed by atoms with Gasteiger partial charge in [0.1, 0.15) is 5.60 Å². The van der Waals surface area contributed by atoms with Gasteiger partial charge in [0.2, 0.25) is 0 Å². The van der Waals surface area contributed by atoms with Crippen molar-refractivity contribution in [2.45, 2.75) is 45.8 Å². The molecule has 0 bridgehead atoms. The number of thioether (sulfide) groups is 1. The van der Waals surface area contributed by atoms with Crippen LogP contribution in [0.15, 0.2) is 0 Å². The van der Waals surface area contributed by atoms with E-state index in [1.165, 1.54) is 0 Å². The first-order valence-corrected chi connectivity index (χ1v) is 6.95. The Morgan fingerprint density at radius 1 is 1.50 bits per heavy atom. The largest absolute Gasteiger partial charge is 0.460 e. The lowest BCUT2D eigenvalue weighted by Crippen LogP contribution is -2.37. The molecule has 0 amide bonds. The third-order valence-corrected chi connectivity index (χ3v) is 3.93. The van der Waals surface area contributed by atoms with Crippen molar-refractivity contribution in [3.05, 3.63) is 0 Å². The fourth-order valence-electron chi connectivity index (χ4n) is 1.76. The van der Waals surface area contributed by atoms with Crippen LogP contribution in [0.25, 0.3) is 0 Å². The summed E-state index contributed by atoms with van der Waals surface area (Å²) in [5.74, 6) is 1.56. The average Bonchev–Trinajstić information content (AvgIpc) is 2.65. The summed E-state index contributed by atoms with van der Waals surface area (Å²) in [5, 5.41) is 10.1. The minimum absolute atomic E-state index is 0.243. The number of esters is 1. The molecule has 3 atom stereocenters. The molecule has 0 aromatic rings. The van der Waals surface area contributed by atoms with Crippen LogP contribution in [0.5, 0.6) is 0 Å². The molecule has 1 rings (SSSR count). The van der Waals surface area contributed by atoms with E-state index >= 15 is 0 Å². The highest BCUT2D eigenvalue weighted by molar-refractivity contribution is 7.99. The topological polar surface area (TPSA) is 46.5 Å². The summed E-state index contributed by atoms with van der Waals surface area (Å²) in [6.45, 7) is 7.28. The summed E-state index contributed by atoms with van der Waals surface area (Å²) in [4.78, 5) is 11.8. The van der Waals surface area contributed by atoms with E-state index in [-0.39, 0.29) is 11.9 Å². The standard InChI is InChI=1S/C12H22O3S/c1-8(11(14)15-12(2,3)4)10(13)9-5-6-16-7-9/h8-10,13H,5-7H2,1-4H3. The molecule has 1 N–H and O–H groups in total. The molecule has 1 heterocycles. The fourth-order valence-corrected chi connectivity index (χ4v) is 3.07. The number of hydrogen-bond donors (Lipinski definition) is 1. The van der Waals surface area contributed by atoms with Crippen molar-refractivity contribution in [2.75, 3.05) is 11.5 Å². The van der Waals surface area contributed by atoms with Gasteiger partial charge in [0, 0.05) is 0 Å². The molecule has 3 nitrogen and oxygen atoms in total. The van der Waals surface area contributed by atoms with Crippen LogP contribution >= 0.6 is 11.8 Å². The van der Waals surface area contributed by atoms with Gasteiger partial charge in [0.05, 0.1) is 12.0 Å². The maximum atomic E-state index is 11.8. The van der Waals surface area contributed by atoms with Gasteiger partial charge in [-0.05, 0) is 51.5 Å². The molecule has 3 unspecified atom stereocenters. The molecule has 1 saturated heterocycles. The summed E-state index contributed by atoms with van der Waals surface area (Å²) in [7, 11) is 0. The summed E-state index contributed by atoms with van der Waals surface area (Å²) in [5.41, 5.74) is -0.477. The summed E-state index contributed by atoms with van der Waals surface area (Å²) >= 11 is 1.84. The molecule has 4 heteroatoms. The van der Waals surface area contributed by atoms with Crippen LogP contribution in [0, 0.1) is 11.8 Å². The molecule has 0 spiro atoms. The average molecular weight is 246 g/mol. The molecule has 1 aliphatic heterocycles. The Morgan fingerprint density at radius 3 is 2.56 bits per heavy atom. The van der Waals surface area contributed by atoms with Crippen molar-refractivity contribution < 1.29 is 14.6 Å². The second-order valence-corrected chi connectivity index (χ2v) is 6.59. The molecule has 0 aliphatic carbocycles. The van der Waals surface area contributed by atoms with Crippen LogP contribution in [0.2, 0.25) is 0 Å². The van der Waals surface area contributed by atoms with Crippen molar-refractivity contribution in [3.8, 4) is 0 Å². The minimum Gasteiger partial charge on any atom is -0.460 e. The van der Waals surface area contributed by atoms with Gasteiger partial charge in [-0.15, -0.1) is 0 Å². The Morgan fingerprint density at radius 2 is 2.12 bits per heavy atom. The molecule has 94 valence electrons. The Balaban J connectivity index is 2.49. The van der Waals surface area contributed by atoms with E-state index in [2.05, 4.69) is 0 Å². The first-order chi connectivity index (χ1) is 7.31. The van der Waals surface area contributed by atoms with E-state index in [4.69, 9.17) is 4.74 Å². The Kier molecular flexibility index (Phi) is 4.68. The first-order valence-electron chi connectivity index (χ1n) is 5.80. The van der Waals surface area contributed by atoms with E-state index < -0.39 is 17.6 Å². The van der Waals surface area contributed by atoms with E-state index in [1.54, 1.807) is 6.92 Å². The predicted molar refractivity (Wildman–Crippen MR) is 66.4 cm³/mol. The third kappa shape index (κ3) is 3.98. The number of hydrogen-bond acceptors (Lipinski definition) is 4. The third-order valence-electron chi connectivity index (χ3n) is 2.74. The maximum absolute atomic E-state index is 11.8. The number of carbonyl (C=O) groups is 1. The van der Waals surface area contributed by atoms with E-state index in [9.17, 15) is 9.90 Å². The lowest BCUT2D eigenvalue weighted by atomic mass is 9.91. The van der Waals surface area contributed by atoms with Gasteiger partial charge in [-0.3, -0.25) is 4.79 Å². The number of carbonyl (C=O) groups excluding carboxylic acids is 1. The molecule has 0 aromatic carbocycles. The van der Waals surface area contributed by atoms with Gasteiger partial charge in [-0.1, -0.05) is 0 Å². The van der Waals surface area contributed by atoms with Crippen LogP contribution in [-0.4, -0.2) is 34.3 Å². The first kappa shape index (κ1) is 13.8. The zero-order valence-electron chi connectivity index (χ0n) is 10.5. The number of ether oxygens (including phenoxy) is 1. The van der Waals surface area contributed by atoms with Gasteiger partial charge in [-0.2, -0.15) is 11.8 Å². The minimum atomic E-state index is -0.565. The lowest BCUT2D eigenvalue weighted by Gasteiger charge is -2.26. The fraction of sp³-hybridized carbons (Fsp3) is 0.917. The van der Waals surface area contributed by atoms with Crippen molar-refractivity contribution in [2.24, 2.45) is 11.8 Å². The SMILES string of the molecule is CC(C(=O)OC(C)(C)C)C(O)C1CCSC1. The molecular formula is C12H22O3S. The molecule has 0 aromatic heterocycles. The Hall–Kier alpha value is -0.220. The van der Waals surface area contributed by atoms with E-state index in [1.807, 2.05) is 32.5 Å². The highest BCUT2D eigenvalue weighted by Crippen LogP contribution is 2.30. The molecule has 1 aliphatic rings. The van der Waals surface area contributed by atoms with Crippen molar-refractivity contribution in [1.29, 1.82) is 0 Å². The van der Waals surface area contributed by atoms with Crippen LogP contribution in [0.3, 0.4) is 0 Å². The quantitative estimate of drug-likeness (QED) is 0.774. The van der Waals surface area contributed by atoms with Gasteiger partial charge in [0.15, 0.2) is 0 Å². The van der Waals surface area contributed by atoms with Crippen LogP contribution in [0.4, 0.5) is 0 Å². The predicted octanol–water partition coefficient (Wildman–Crippen LogP) is 2.08. The monoisotopic (exact) mass is 246 g/mol. The summed E-state index contributed by atoms with van der Waals surface area (Å²) in [6.07, 6.45) is 0.434. The zero-order chi connectivity index (χ0) is 12.3. The van der Waals surface area contributed by atoms with Crippen molar-refractivity contribution in [3.63, 3.8) is 0 Å². The molecule has 0 radical (unpaired) electrons. The van der Waals surface area contributed by atoms with Crippen LogP contribution < -0.4 is 0 Å². The van der Waals surface area contributed by atoms with Crippen molar-refractivity contribution >= 4 is 17.7 Å². The normalized spacial score (nSPS) is 25.2. The number of aliphatic hydroxyl groups excluding tert-OH is 1. The smallest absolute Gasteiger partial charge is 0.311 e. The Bertz CT molecular complexity index is 241. The van der Waals surface area contributed by atoms with Gasteiger partial charge in [-0.25, -0.2) is 0 Å².